The molecular formula is C16H18ClNO2. The monoisotopic (exact) mass is 291 g/mol. The Morgan fingerprint density at radius 1 is 1.30 bits per heavy atom. The largest absolute Gasteiger partial charge is 0.468 e. The Balaban J connectivity index is 1.88. The number of hydrogen-bond donors (Lipinski definition) is 0. The average Bonchev–Trinajstić information content (AvgIpc) is 2.96. The van der Waals surface area contributed by atoms with Gasteiger partial charge >= 0.3 is 0 Å². The third-order valence-electron chi connectivity index (χ3n) is 3.21. The van der Waals surface area contributed by atoms with Crippen molar-refractivity contribution in [1.82, 2.24) is 4.90 Å². The molecule has 0 aliphatic heterocycles. The molecule has 0 unspecified atom stereocenters. The molecule has 0 aliphatic carbocycles. The molecule has 0 atom stereocenters. The zero-order valence-electron chi connectivity index (χ0n) is 11.5. The Labute approximate surface area is 124 Å². The van der Waals surface area contributed by atoms with E-state index in [1.54, 1.807) is 30.5 Å². The lowest BCUT2D eigenvalue weighted by Crippen LogP contribution is -2.25. The third-order valence-corrected chi connectivity index (χ3v) is 3.44. The van der Waals surface area contributed by atoms with E-state index in [1.165, 1.54) is 0 Å². The van der Waals surface area contributed by atoms with Gasteiger partial charge in [0.05, 0.1) is 12.8 Å². The van der Waals surface area contributed by atoms with E-state index in [1.807, 2.05) is 12.1 Å². The van der Waals surface area contributed by atoms with E-state index in [0.717, 1.165) is 18.8 Å². The Kier molecular flexibility index (Phi) is 5.39. The molecule has 0 bridgehead atoms. The number of benzene rings is 1. The first-order valence-corrected chi connectivity index (χ1v) is 7.10. The number of carbonyl (C=O) groups excluding carboxylic acids is 1. The minimum atomic E-state index is 0.116. The number of carbonyl (C=O) groups is 1. The summed E-state index contributed by atoms with van der Waals surface area (Å²) >= 11 is 5.90. The predicted octanol–water partition coefficient (Wildman–Crippen LogP) is 4.03. The molecule has 1 aromatic heterocycles. The second kappa shape index (κ2) is 7.27. The normalized spacial score (nSPS) is 10.9. The molecular weight excluding hydrogens is 274 g/mol. The Bertz CT molecular complexity index is 551. The smallest absolute Gasteiger partial charge is 0.164 e. The lowest BCUT2D eigenvalue weighted by molar-refractivity contribution is 0.0961. The molecule has 0 spiro atoms. The van der Waals surface area contributed by atoms with Crippen molar-refractivity contribution in [1.29, 1.82) is 0 Å². The van der Waals surface area contributed by atoms with E-state index in [2.05, 4.69) is 11.8 Å². The van der Waals surface area contributed by atoms with E-state index in [-0.39, 0.29) is 5.78 Å². The molecule has 0 radical (unpaired) electrons. The first kappa shape index (κ1) is 14.8. The van der Waals surface area contributed by atoms with Crippen molar-refractivity contribution in [2.45, 2.75) is 19.9 Å². The summed E-state index contributed by atoms with van der Waals surface area (Å²) in [7, 11) is 0. The molecule has 106 valence electrons. The molecule has 2 rings (SSSR count). The van der Waals surface area contributed by atoms with Gasteiger partial charge in [-0.15, -0.1) is 0 Å². The SMILES string of the molecule is CCN(CCC(=O)c1cccc(Cl)c1)Cc1ccco1. The maximum absolute atomic E-state index is 12.1. The van der Waals surface area contributed by atoms with Gasteiger partial charge in [0.1, 0.15) is 5.76 Å². The molecule has 0 N–H and O–H groups in total. The highest BCUT2D eigenvalue weighted by atomic mass is 35.5. The Hall–Kier alpha value is -1.58. The van der Waals surface area contributed by atoms with Crippen molar-refractivity contribution < 1.29 is 9.21 Å². The van der Waals surface area contributed by atoms with E-state index in [9.17, 15) is 4.79 Å². The van der Waals surface area contributed by atoms with E-state index < -0.39 is 0 Å². The van der Waals surface area contributed by atoms with E-state index in [0.29, 0.717) is 23.6 Å². The zero-order chi connectivity index (χ0) is 14.4. The minimum Gasteiger partial charge on any atom is -0.468 e. The predicted molar refractivity (Wildman–Crippen MR) is 80.1 cm³/mol. The van der Waals surface area contributed by atoms with Crippen LogP contribution in [0.4, 0.5) is 0 Å². The van der Waals surface area contributed by atoms with Gasteiger partial charge in [-0.25, -0.2) is 0 Å². The Morgan fingerprint density at radius 2 is 2.15 bits per heavy atom. The molecule has 3 nitrogen and oxygen atoms in total. The minimum absolute atomic E-state index is 0.116. The van der Waals surface area contributed by atoms with Gasteiger partial charge in [0, 0.05) is 23.6 Å². The van der Waals surface area contributed by atoms with Crippen molar-refractivity contribution in [3.63, 3.8) is 0 Å². The summed E-state index contributed by atoms with van der Waals surface area (Å²) in [4.78, 5) is 14.3. The van der Waals surface area contributed by atoms with Gasteiger partial charge in [-0.3, -0.25) is 9.69 Å². The van der Waals surface area contributed by atoms with Gasteiger partial charge in [0.25, 0.3) is 0 Å². The molecule has 0 fully saturated rings. The van der Waals surface area contributed by atoms with Crippen molar-refractivity contribution in [3.8, 4) is 0 Å². The summed E-state index contributed by atoms with van der Waals surface area (Å²) in [6.45, 7) is 4.39. The number of hydrogen-bond acceptors (Lipinski definition) is 3. The second-order valence-electron chi connectivity index (χ2n) is 4.63. The van der Waals surface area contributed by atoms with Crippen LogP contribution in [0.3, 0.4) is 0 Å². The maximum Gasteiger partial charge on any atom is 0.164 e. The van der Waals surface area contributed by atoms with Crippen LogP contribution in [0.25, 0.3) is 0 Å². The number of rotatable bonds is 7. The second-order valence-corrected chi connectivity index (χ2v) is 5.07. The molecule has 1 aromatic carbocycles. The van der Waals surface area contributed by atoms with Crippen LogP contribution in [-0.4, -0.2) is 23.8 Å². The van der Waals surface area contributed by atoms with Crippen LogP contribution in [0.5, 0.6) is 0 Å². The summed E-state index contributed by atoms with van der Waals surface area (Å²) in [5, 5.41) is 0.596. The molecule has 0 amide bonds. The molecule has 0 saturated heterocycles. The summed E-state index contributed by atoms with van der Waals surface area (Å²) in [5.74, 6) is 1.03. The van der Waals surface area contributed by atoms with Gasteiger partial charge in [-0.2, -0.15) is 0 Å². The fraction of sp³-hybridized carbons (Fsp3) is 0.312. The van der Waals surface area contributed by atoms with Gasteiger partial charge in [-0.1, -0.05) is 30.7 Å². The van der Waals surface area contributed by atoms with Crippen LogP contribution in [0.1, 0.15) is 29.5 Å². The number of ketones is 1. The molecule has 2 aromatic rings. The summed E-state index contributed by atoms with van der Waals surface area (Å²) in [6.07, 6.45) is 2.15. The van der Waals surface area contributed by atoms with Crippen LogP contribution in [0.15, 0.2) is 47.1 Å². The van der Waals surface area contributed by atoms with Gasteiger partial charge in [0.15, 0.2) is 5.78 Å². The quantitative estimate of drug-likeness (QED) is 0.722. The molecule has 4 heteroatoms. The highest BCUT2D eigenvalue weighted by molar-refractivity contribution is 6.31. The molecule has 1 heterocycles. The topological polar surface area (TPSA) is 33.5 Å². The fourth-order valence-corrected chi connectivity index (χ4v) is 2.23. The molecule has 20 heavy (non-hydrogen) atoms. The summed E-state index contributed by atoms with van der Waals surface area (Å²) in [6, 6.07) is 10.9. The number of Topliss-reactive ketones (excluding diaryl/α,β-unsaturated/α-hetero) is 1. The lowest BCUT2D eigenvalue weighted by atomic mass is 10.1. The van der Waals surface area contributed by atoms with Crippen LogP contribution in [0, 0.1) is 0 Å². The van der Waals surface area contributed by atoms with Crippen LogP contribution >= 0.6 is 11.6 Å². The van der Waals surface area contributed by atoms with Crippen molar-refractivity contribution in [2.75, 3.05) is 13.1 Å². The summed E-state index contributed by atoms with van der Waals surface area (Å²) < 4.78 is 5.33. The van der Waals surface area contributed by atoms with Crippen molar-refractivity contribution in [2.24, 2.45) is 0 Å². The highest BCUT2D eigenvalue weighted by Gasteiger charge is 2.10. The Morgan fingerprint density at radius 3 is 2.80 bits per heavy atom. The maximum atomic E-state index is 12.1. The molecule has 0 aliphatic rings. The van der Waals surface area contributed by atoms with Crippen molar-refractivity contribution >= 4 is 17.4 Å². The summed E-state index contributed by atoms with van der Waals surface area (Å²) in [5.41, 5.74) is 0.673. The van der Waals surface area contributed by atoms with Gasteiger partial charge < -0.3 is 4.42 Å². The standard InChI is InChI=1S/C16H18ClNO2/c1-2-18(12-15-7-4-10-20-15)9-8-16(19)13-5-3-6-14(17)11-13/h3-7,10-11H,2,8-9,12H2,1H3. The van der Waals surface area contributed by atoms with Gasteiger partial charge in [-0.05, 0) is 30.8 Å². The average molecular weight is 292 g/mol. The highest BCUT2D eigenvalue weighted by Crippen LogP contribution is 2.13. The van der Waals surface area contributed by atoms with Crippen LogP contribution in [-0.2, 0) is 6.54 Å². The number of furan rings is 1. The lowest BCUT2D eigenvalue weighted by Gasteiger charge is -2.18. The van der Waals surface area contributed by atoms with E-state index >= 15 is 0 Å². The zero-order valence-corrected chi connectivity index (χ0v) is 12.3. The van der Waals surface area contributed by atoms with Crippen LogP contribution < -0.4 is 0 Å². The number of halogens is 1. The molecule has 0 saturated carbocycles. The van der Waals surface area contributed by atoms with Gasteiger partial charge in [0.2, 0.25) is 0 Å². The first-order valence-electron chi connectivity index (χ1n) is 6.72. The fourth-order valence-electron chi connectivity index (χ4n) is 2.04. The third kappa shape index (κ3) is 4.22. The number of nitrogens with zero attached hydrogens (tertiary/aromatic N) is 1. The van der Waals surface area contributed by atoms with Crippen molar-refractivity contribution in [3.05, 3.63) is 59.0 Å². The first-order chi connectivity index (χ1) is 9.69. The van der Waals surface area contributed by atoms with E-state index in [4.69, 9.17) is 16.0 Å². The van der Waals surface area contributed by atoms with Crippen LogP contribution in [0.2, 0.25) is 5.02 Å².